The summed E-state index contributed by atoms with van der Waals surface area (Å²) in [5, 5.41) is 3.79. The van der Waals surface area contributed by atoms with Gasteiger partial charge in [0, 0.05) is 36.5 Å². The van der Waals surface area contributed by atoms with Gasteiger partial charge in [-0.05, 0) is 30.7 Å². The van der Waals surface area contributed by atoms with Crippen molar-refractivity contribution in [1.29, 1.82) is 0 Å². The fraction of sp³-hybridized carbons (Fsp3) is 0.227. The zero-order chi connectivity index (χ0) is 19.7. The summed E-state index contributed by atoms with van der Waals surface area (Å²) in [5.41, 5.74) is 1.59. The van der Waals surface area contributed by atoms with Crippen molar-refractivity contribution in [3.63, 3.8) is 0 Å². The summed E-state index contributed by atoms with van der Waals surface area (Å²) in [6.07, 6.45) is 2.00. The molecule has 1 aliphatic heterocycles. The summed E-state index contributed by atoms with van der Waals surface area (Å²) in [5.74, 6) is -0.719. The Hall–Kier alpha value is -3.41. The molecular formula is C22H21N3O3. The van der Waals surface area contributed by atoms with Crippen LogP contribution in [0.4, 0.5) is 5.69 Å². The van der Waals surface area contributed by atoms with Gasteiger partial charge in [-0.2, -0.15) is 0 Å². The van der Waals surface area contributed by atoms with Crippen LogP contribution in [-0.4, -0.2) is 34.2 Å². The predicted octanol–water partition coefficient (Wildman–Crippen LogP) is 3.21. The molecule has 0 spiro atoms. The molecule has 0 saturated carbocycles. The number of benzene rings is 2. The van der Waals surface area contributed by atoms with Crippen molar-refractivity contribution < 1.29 is 14.4 Å². The first kappa shape index (κ1) is 18.0. The molecule has 28 heavy (non-hydrogen) atoms. The molecule has 1 atom stereocenters. The van der Waals surface area contributed by atoms with Crippen molar-refractivity contribution in [3.05, 3.63) is 66.4 Å². The van der Waals surface area contributed by atoms with Crippen LogP contribution >= 0.6 is 0 Å². The number of aromatic amines is 1. The molecule has 0 radical (unpaired) electrons. The average Bonchev–Trinajstić information content (AvgIpc) is 3.26. The van der Waals surface area contributed by atoms with Crippen LogP contribution in [0.1, 0.15) is 25.3 Å². The van der Waals surface area contributed by atoms with Crippen molar-refractivity contribution in [2.75, 3.05) is 11.9 Å². The van der Waals surface area contributed by atoms with Crippen molar-refractivity contribution in [3.8, 4) is 0 Å². The minimum atomic E-state index is -0.870. The second-order valence-corrected chi connectivity index (χ2v) is 7.27. The minimum Gasteiger partial charge on any atom is -0.361 e. The van der Waals surface area contributed by atoms with E-state index in [9.17, 15) is 14.4 Å². The number of likely N-dealkylation sites (tertiary alicyclic amines) is 1. The molecule has 3 amide bonds. The first-order chi connectivity index (χ1) is 13.5. The van der Waals surface area contributed by atoms with Gasteiger partial charge in [0.05, 0.1) is 11.1 Å². The zero-order valence-corrected chi connectivity index (χ0v) is 15.6. The van der Waals surface area contributed by atoms with E-state index in [1.807, 2.05) is 60.8 Å². The quantitative estimate of drug-likeness (QED) is 0.672. The zero-order valence-electron chi connectivity index (χ0n) is 15.6. The van der Waals surface area contributed by atoms with Gasteiger partial charge < -0.3 is 10.3 Å². The van der Waals surface area contributed by atoms with Crippen molar-refractivity contribution in [2.45, 2.75) is 25.2 Å². The Morgan fingerprint density at radius 1 is 1.11 bits per heavy atom. The van der Waals surface area contributed by atoms with Crippen LogP contribution in [0, 0.1) is 0 Å². The molecule has 2 heterocycles. The number of carbonyl (C=O) groups is 3. The summed E-state index contributed by atoms with van der Waals surface area (Å²) in [4.78, 5) is 42.1. The Bertz CT molecular complexity index is 1060. The third kappa shape index (κ3) is 3.07. The molecule has 6 heteroatoms. The van der Waals surface area contributed by atoms with E-state index in [0.717, 1.165) is 16.5 Å². The van der Waals surface area contributed by atoms with Gasteiger partial charge in [0.15, 0.2) is 0 Å². The van der Waals surface area contributed by atoms with E-state index in [-0.39, 0.29) is 37.1 Å². The number of nitrogens with zero attached hydrogens (tertiary/aromatic N) is 1. The smallest absolute Gasteiger partial charge is 0.240 e. The summed E-state index contributed by atoms with van der Waals surface area (Å²) in [6, 6.07) is 16.8. The molecule has 1 fully saturated rings. The second-order valence-electron chi connectivity index (χ2n) is 7.27. The first-order valence-corrected chi connectivity index (χ1v) is 9.25. The summed E-state index contributed by atoms with van der Waals surface area (Å²) >= 11 is 0. The third-order valence-electron chi connectivity index (χ3n) is 5.37. The number of amides is 3. The molecule has 1 saturated heterocycles. The van der Waals surface area contributed by atoms with Gasteiger partial charge in [-0.1, -0.05) is 36.4 Å². The van der Waals surface area contributed by atoms with Gasteiger partial charge in [-0.15, -0.1) is 0 Å². The van der Waals surface area contributed by atoms with E-state index in [1.165, 1.54) is 4.90 Å². The Labute approximate surface area is 162 Å². The third-order valence-corrected chi connectivity index (χ3v) is 5.37. The molecule has 3 aromatic rings. The van der Waals surface area contributed by atoms with Gasteiger partial charge in [0.25, 0.3) is 0 Å². The van der Waals surface area contributed by atoms with Gasteiger partial charge in [0.2, 0.25) is 17.7 Å². The highest BCUT2D eigenvalue weighted by molar-refractivity contribution is 6.09. The number of anilines is 1. The summed E-state index contributed by atoms with van der Waals surface area (Å²) in [6.45, 7) is 1.87. The van der Waals surface area contributed by atoms with Crippen LogP contribution < -0.4 is 5.32 Å². The SMILES string of the molecule is CC1(c2ccccc2)CC(=O)N(CCC(=O)Nc2cccc3[nH]ccc23)C1=O. The lowest BCUT2D eigenvalue weighted by atomic mass is 9.81. The van der Waals surface area contributed by atoms with Crippen LogP contribution in [0.3, 0.4) is 0 Å². The number of carbonyl (C=O) groups excluding carboxylic acids is 3. The number of hydrogen-bond acceptors (Lipinski definition) is 3. The van der Waals surface area contributed by atoms with Crippen LogP contribution in [-0.2, 0) is 19.8 Å². The largest absolute Gasteiger partial charge is 0.361 e. The maximum Gasteiger partial charge on any atom is 0.240 e. The number of hydrogen-bond donors (Lipinski definition) is 2. The van der Waals surface area contributed by atoms with Crippen LogP contribution in [0.25, 0.3) is 10.9 Å². The predicted molar refractivity (Wildman–Crippen MR) is 107 cm³/mol. The molecule has 1 aliphatic rings. The van der Waals surface area contributed by atoms with Crippen LogP contribution in [0.5, 0.6) is 0 Å². The standard InChI is InChI=1S/C22H21N3O3/c1-22(15-6-3-2-4-7-15)14-20(27)25(21(22)28)13-11-19(26)24-18-9-5-8-17-16(18)10-12-23-17/h2-10,12,23H,11,13-14H2,1H3,(H,24,26). The highest BCUT2D eigenvalue weighted by Crippen LogP contribution is 2.36. The molecule has 0 aliphatic carbocycles. The lowest BCUT2D eigenvalue weighted by Gasteiger charge is -2.22. The molecular weight excluding hydrogens is 354 g/mol. The Kier molecular flexibility index (Phi) is 4.47. The molecule has 1 aromatic heterocycles. The number of rotatable bonds is 5. The van der Waals surface area contributed by atoms with Gasteiger partial charge >= 0.3 is 0 Å². The van der Waals surface area contributed by atoms with E-state index in [4.69, 9.17) is 0 Å². The number of nitrogens with one attached hydrogen (secondary N) is 2. The van der Waals surface area contributed by atoms with Gasteiger partial charge in [-0.3, -0.25) is 19.3 Å². The van der Waals surface area contributed by atoms with Gasteiger partial charge in [-0.25, -0.2) is 0 Å². The average molecular weight is 375 g/mol. The maximum absolute atomic E-state index is 12.9. The lowest BCUT2D eigenvalue weighted by molar-refractivity contribution is -0.139. The lowest BCUT2D eigenvalue weighted by Crippen LogP contribution is -2.38. The van der Waals surface area contributed by atoms with Crippen molar-refractivity contribution in [1.82, 2.24) is 9.88 Å². The fourth-order valence-electron chi connectivity index (χ4n) is 3.76. The Morgan fingerprint density at radius 3 is 2.68 bits per heavy atom. The molecule has 1 unspecified atom stereocenters. The van der Waals surface area contributed by atoms with E-state index in [0.29, 0.717) is 5.69 Å². The van der Waals surface area contributed by atoms with E-state index in [1.54, 1.807) is 6.92 Å². The summed E-state index contributed by atoms with van der Waals surface area (Å²) in [7, 11) is 0. The topological polar surface area (TPSA) is 82.3 Å². The maximum atomic E-state index is 12.9. The summed E-state index contributed by atoms with van der Waals surface area (Å²) < 4.78 is 0. The minimum absolute atomic E-state index is 0.0587. The fourth-order valence-corrected chi connectivity index (χ4v) is 3.76. The molecule has 2 N–H and O–H groups in total. The number of H-pyrrole nitrogens is 1. The monoisotopic (exact) mass is 375 g/mol. The number of fused-ring (bicyclic) bond motifs is 1. The molecule has 4 rings (SSSR count). The highest BCUT2D eigenvalue weighted by atomic mass is 16.2. The first-order valence-electron chi connectivity index (χ1n) is 9.25. The van der Waals surface area contributed by atoms with Crippen molar-refractivity contribution >= 4 is 34.3 Å². The van der Waals surface area contributed by atoms with Gasteiger partial charge in [0.1, 0.15) is 0 Å². The molecule has 6 nitrogen and oxygen atoms in total. The van der Waals surface area contributed by atoms with E-state index < -0.39 is 5.41 Å². The molecule has 2 aromatic carbocycles. The second kappa shape index (κ2) is 6.96. The van der Waals surface area contributed by atoms with Crippen molar-refractivity contribution in [2.24, 2.45) is 0 Å². The molecule has 0 bridgehead atoms. The van der Waals surface area contributed by atoms with E-state index in [2.05, 4.69) is 10.3 Å². The number of aromatic nitrogens is 1. The van der Waals surface area contributed by atoms with E-state index >= 15 is 0 Å². The van der Waals surface area contributed by atoms with Crippen LogP contribution in [0.2, 0.25) is 0 Å². The Balaban J connectivity index is 1.43. The Morgan fingerprint density at radius 2 is 1.89 bits per heavy atom. The number of imide groups is 1. The van der Waals surface area contributed by atoms with Crippen LogP contribution in [0.15, 0.2) is 60.8 Å². The normalized spacial score (nSPS) is 19.4. The highest BCUT2D eigenvalue weighted by Gasteiger charge is 2.49. The molecule has 142 valence electrons.